The number of rotatable bonds is 4. The zero-order chi connectivity index (χ0) is 16.2. The van der Waals surface area contributed by atoms with E-state index in [2.05, 4.69) is 14.9 Å². The molecule has 0 bridgehead atoms. The number of anilines is 1. The second-order valence-corrected chi connectivity index (χ2v) is 5.82. The van der Waals surface area contributed by atoms with Crippen LogP contribution in [0.2, 0.25) is 0 Å². The van der Waals surface area contributed by atoms with E-state index in [1.807, 2.05) is 37.1 Å². The molecule has 1 aliphatic rings. The van der Waals surface area contributed by atoms with Gasteiger partial charge in [0.1, 0.15) is 17.8 Å². The molecule has 0 radical (unpaired) electrons. The summed E-state index contributed by atoms with van der Waals surface area (Å²) in [4.78, 5) is 24.6. The molecule has 1 aliphatic heterocycles. The molecule has 1 saturated heterocycles. The summed E-state index contributed by atoms with van der Waals surface area (Å²) in [5.74, 6) is 1.87. The number of hydrogen-bond donors (Lipinski definition) is 0. The summed E-state index contributed by atoms with van der Waals surface area (Å²) in [6, 6.07) is 6.03. The van der Waals surface area contributed by atoms with E-state index in [1.165, 1.54) is 0 Å². The van der Waals surface area contributed by atoms with Crippen LogP contribution in [-0.2, 0) is 4.79 Å². The summed E-state index contributed by atoms with van der Waals surface area (Å²) in [5, 5.41) is 0. The molecule has 0 unspecified atom stereocenters. The van der Waals surface area contributed by atoms with Crippen LogP contribution in [0.15, 0.2) is 35.2 Å². The molecule has 0 spiro atoms. The minimum atomic E-state index is 0.214. The largest absolute Gasteiger partial charge is 0.463 e. The summed E-state index contributed by atoms with van der Waals surface area (Å²) in [6.45, 7) is 3.69. The second kappa shape index (κ2) is 6.81. The smallest absolute Gasteiger partial charge is 0.222 e. The van der Waals surface area contributed by atoms with Crippen molar-refractivity contribution in [1.82, 2.24) is 14.9 Å². The predicted molar refractivity (Wildman–Crippen MR) is 88.0 cm³/mol. The van der Waals surface area contributed by atoms with Crippen LogP contribution in [-0.4, -0.2) is 47.0 Å². The van der Waals surface area contributed by atoms with Gasteiger partial charge in [0.2, 0.25) is 5.91 Å². The summed E-state index contributed by atoms with van der Waals surface area (Å²) >= 11 is 0. The topological polar surface area (TPSA) is 62.5 Å². The molecule has 6 heteroatoms. The lowest BCUT2D eigenvalue weighted by molar-refractivity contribution is -0.131. The molecule has 2 aromatic heterocycles. The fourth-order valence-electron chi connectivity index (χ4n) is 3.01. The first-order chi connectivity index (χ1) is 11.2. The summed E-state index contributed by atoms with van der Waals surface area (Å²) < 4.78 is 5.40. The van der Waals surface area contributed by atoms with Gasteiger partial charge in [-0.1, -0.05) is 6.92 Å². The van der Waals surface area contributed by atoms with Crippen LogP contribution < -0.4 is 4.90 Å². The molecule has 2 aromatic rings. The summed E-state index contributed by atoms with van der Waals surface area (Å²) in [6.07, 6.45) is 5.70. The molecule has 0 atom stereocenters. The molecule has 3 rings (SSSR count). The molecule has 0 aliphatic carbocycles. The number of aromatic nitrogens is 2. The Labute approximate surface area is 136 Å². The Morgan fingerprint density at radius 2 is 2.17 bits per heavy atom. The number of carbonyl (C=O) groups excluding carboxylic acids is 1. The highest BCUT2D eigenvalue weighted by molar-refractivity contribution is 5.75. The molecular formula is C17H22N4O2. The Hall–Kier alpha value is -2.37. The highest BCUT2D eigenvalue weighted by Crippen LogP contribution is 2.24. The molecule has 1 amide bonds. The number of piperidine rings is 1. The Morgan fingerprint density at radius 3 is 2.83 bits per heavy atom. The first kappa shape index (κ1) is 15.5. The maximum atomic E-state index is 11.8. The van der Waals surface area contributed by atoms with E-state index >= 15 is 0 Å². The van der Waals surface area contributed by atoms with Crippen LogP contribution >= 0.6 is 0 Å². The number of nitrogens with zero attached hydrogens (tertiary/aromatic N) is 4. The second-order valence-electron chi connectivity index (χ2n) is 5.82. The maximum absolute atomic E-state index is 11.8. The molecule has 0 saturated carbocycles. The first-order valence-electron chi connectivity index (χ1n) is 8.05. The van der Waals surface area contributed by atoms with Gasteiger partial charge in [-0.05, 0) is 25.0 Å². The van der Waals surface area contributed by atoms with E-state index < -0.39 is 0 Å². The zero-order valence-corrected chi connectivity index (χ0v) is 13.6. The quantitative estimate of drug-likeness (QED) is 0.868. The lowest BCUT2D eigenvalue weighted by Gasteiger charge is -2.37. The van der Waals surface area contributed by atoms with Crippen LogP contribution in [0.1, 0.15) is 26.2 Å². The van der Waals surface area contributed by atoms with Crippen molar-refractivity contribution in [3.8, 4) is 11.5 Å². The number of carbonyl (C=O) groups is 1. The number of amides is 1. The average Bonchev–Trinajstić information content (AvgIpc) is 3.15. The van der Waals surface area contributed by atoms with Crippen molar-refractivity contribution in [1.29, 1.82) is 0 Å². The van der Waals surface area contributed by atoms with Gasteiger partial charge in [0.15, 0.2) is 5.76 Å². The molecule has 1 fully saturated rings. The summed E-state index contributed by atoms with van der Waals surface area (Å²) in [5.41, 5.74) is 0.792. The van der Waals surface area contributed by atoms with Gasteiger partial charge in [-0.2, -0.15) is 0 Å². The van der Waals surface area contributed by atoms with Gasteiger partial charge < -0.3 is 14.2 Å². The van der Waals surface area contributed by atoms with Crippen molar-refractivity contribution in [2.24, 2.45) is 0 Å². The van der Waals surface area contributed by atoms with Crippen LogP contribution in [0.3, 0.4) is 0 Å². The van der Waals surface area contributed by atoms with Crippen molar-refractivity contribution in [2.75, 3.05) is 25.0 Å². The maximum Gasteiger partial charge on any atom is 0.222 e. The van der Waals surface area contributed by atoms with Gasteiger partial charge in [-0.25, -0.2) is 9.97 Å². The van der Waals surface area contributed by atoms with E-state index in [0.29, 0.717) is 12.5 Å². The van der Waals surface area contributed by atoms with E-state index in [0.717, 1.165) is 43.2 Å². The van der Waals surface area contributed by atoms with Gasteiger partial charge in [0.25, 0.3) is 0 Å². The monoisotopic (exact) mass is 314 g/mol. The van der Waals surface area contributed by atoms with Crippen molar-refractivity contribution < 1.29 is 9.21 Å². The van der Waals surface area contributed by atoms with Gasteiger partial charge >= 0.3 is 0 Å². The third-order valence-corrected chi connectivity index (χ3v) is 4.46. The zero-order valence-electron chi connectivity index (χ0n) is 13.6. The number of hydrogen-bond acceptors (Lipinski definition) is 5. The van der Waals surface area contributed by atoms with Crippen LogP contribution in [0.5, 0.6) is 0 Å². The van der Waals surface area contributed by atoms with Gasteiger partial charge in [0.05, 0.1) is 6.26 Å². The average molecular weight is 314 g/mol. The molecule has 23 heavy (non-hydrogen) atoms. The first-order valence-corrected chi connectivity index (χ1v) is 8.05. The van der Waals surface area contributed by atoms with Crippen LogP contribution in [0, 0.1) is 0 Å². The molecule has 3 heterocycles. The van der Waals surface area contributed by atoms with E-state index in [4.69, 9.17) is 4.42 Å². The summed E-state index contributed by atoms with van der Waals surface area (Å²) in [7, 11) is 1.91. The molecular weight excluding hydrogens is 292 g/mol. The predicted octanol–water partition coefficient (Wildman–Crippen LogP) is 2.57. The standard InChI is InChI=1S/C17H22N4O2/c1-3-17(22)20(2)13-6-8-21(9-7-13)16-11-14(18-12-19-16)15-5-4-10-23-15/h4-5,10-13H,3,6-9H2,1-2H3. The normalized spacial score (nSPS) is 15.7. The van der Waals surface area contributed by atoms with Crippen LogP contribution in [0.25, 0.3) is 11.5 Å². The number of furan rings is 1. The van der Waals surface area contributed by atoms with Crippen LogP contribution in [0.4, 0.5) is 5.82 Å². The molecule has 6 nitrogen and oxygen atoms in total. The molecule has 0 aromatic carbocycles. The van der Waals surface area contributed by atoms with E-state index in [-0.39, 0.29) is 5.91 Å². The lowest BCUT2D eigenvalue weighted by atomic mass is 10.0. The van der Waals surface area contributed by atoms with Crippen molar-refractivity contribution >= 4 is 11.7 Å². The fourth-order valence-corrected chi connectivity index (χ4v) is 3.01. The van der Waals surface area contributed by atoms with E-state index in [9.17, 15) is 4.79 Å². The van der Waals surface area contributed by atoms with Crippen molar-refractivity contribution in [2.45, 2.75) is 32.2 Å². The third-order valence-electron chi connectivity index (χ3n) is 4.46. The minimum absolute atomic E-state index is 0.214. The fraction of sp³-hybridized carbons (Fsp3) is 0.471. The Morgan fingerprint density at radius 1 is 1.39 bits per heavy atom. The minimum Gasteiger partial charge on any atom is -0.463 e. The SMILES string of the molecule is CCC(=O)N(C)C1CCN(c2cc(-c3ccco3)ncn2)CC1. The third kappa shape index (κ3) is 3.36. The van der Waals surface area contributed by atoms with Gasteiger partial charge in [0, 0.05) is 38.7 Å². The van der Waals surface area contributed by atoms with Gasteiger partial charge in [-0.15, -0.1) is 0 Å². The highest BCUT2D eigenvalue weighted by Gasteiger charge is 2.25. The highest BCUT2D eigenvalue weighted by atomic mass is 16.3. The Kier molecular flexibility index (Phi) is 4.60. The van der Waals surface area contributed by atoms with E-state index in [1.54, 1.807) is 12.6 Å². The van der Waals surface area contributed by atoms with Gasteiger partial charge in [-0.3, -0.25) is 4.79 Å². The lowest BCUT2D eigenvalue weighted by Crippen LogP contribution is -2.45. The molecule has 122 valence electrons. The Balaban J connectivity index is 1.66. The van der Waals surface area contributed by atoms with Crippen molar-refractivity contribution in [3.63, 3.8) is 0 Å². The molecule has 0 N–H and O–H groups in total. The van der Waals surface area contributed by atoms with Crippen molar-refractivity contribution in [3.05, 3.63) is 30.8 Å². The Bertz CT molecular complexity index is 648.